The van der Waals surface area contributed by atoms with Crippen LogP contribution in [0.5, 0.6) is 0 Å². The number of aliphatic carboxylic acids is 1. The van der Waals surface area contributed by atoms with E-state index in [-0.39, 0.29) is 18.4 Å². The zero-order valence-corrected chi connectivity index (χ0v) is 15.3. The minimum absolute atomic E-state index is 0.0250. The van der Waals surface area contributed by atoms with Gasteiger partial charge in [0.2, 0.25) is 0 Å². The average molecular weight is 379 g/mol. The van der Waals surface area contributed by atoms with Crippen LogP contribution in [0.15, 0.2) is 55.0 Å². The van der Waals surface area contributed by atoms with Gasteiger partial charge in [-0.3, -0.25) is 14.3 Å². The minimum Gasteiger partial charge on any atom is -0.480 e. The second-order valence-corrected chi connectivity index (χ2v) is 6.90. The van der Waals surface area contributed by atoms with Crippen molar-refractivity contribution in [3.05, 3.63) is 66.2 Å². The fraction of sp³-hybridized carbons (Fsp3) is 0.300. The minimum atomic E-state index is -0.927. The van der Waals surface area contributed by atoms with Crippen LogP contribution < -0.4 is 0 Å². The fourth-order valence-corrected chi connectivity index (χ4v) is 3.74. The molecule has 0 aliphatic carbocycles. The predicted molar refractivity (Wildman–Crippen MR) is 101 cm³/mol. The summed E-state index contributed by atoms with van der Waals surface area (Å²) in [6.07, 6.45) is 6.93. The highest BCUT2D eigenvalue weighted by Crippen LogP contribution is 2.28. The molecule has 1 saturated heterocycles. The molecule has 8 heteroatoms. The van der Waals surface area contributed by atoms with Gasteiger partial charge in [-0.1, -0.05) is 6.07 Å². The van der Waals surface area contributed by atoms with Gasteiger partial charge in [0.05, 0.1) is 5.69 Å². The molecule has 2 aromatic heterocycles. The monoisotopic (exact) mass is 379 g/mol. The van der Waals surface area contributed by atoms with Gasteiger partial charge in [-0.25, -0.2) is 4.68 Å². The van der Waals surface area contributed by atoms with E-state index in [0.717, 1.165) is 24.2 Å². The SMILES string of the molecule is O=C(O)Cn1nccc1C1CCCN(C(=O)c2cccc(-n3cccn3)c2)C1. The third-order valence-electron chi connectivity index (χ3n) is 5.02. The Balaban J connectivity index is 1.52. The van der Waals surface area contributed by atoms with Crippen LogP contribution in [0.1, 0.15) is 34.8 Å². The quantitative estimate of drug-likeness (QED) is 0.733. The Hall–Kier alpha value is -3.42. The van der Waals surface area contributed by atoms with Crippen molar-refractivity contribution in [1.82, 2.24) is 24.5 Å². The normalized spacial score (nSPS) is 16.9. The Morgan fingerprint density at radius 2 is 2.04 bits per heavy atom. The molecule has 3 aromatic rings. The molecule has 0 spiro atoms. The summed E-state index contributed by atoms with van der Waals surface area (Å²) in [4.78, 5) is 26.0. The molecule has 0 radical (unpaired) electrons. The Labute approximate surface area is 162 Å². The molecule has 1 fully saturated rings. The van der Waals surface area contributed by atoms with Crippen LogP contribution in [0.3, 0.4) is 0 Å². The first-order valence-electron chi connectivity index (χ1n) is 9.24. The van der Waals surface area contributed by atoms with Gasteiger partial charge >= 0.3 is 5.97 Å². The van der Waals surface area contributed by atoms with E-state index in [1.807, 2.05) is 47.5 Å². The first-order valence-corrected chi connectivity index (χ1v) is 9.24. The molecule has 1 aliphatic heterocycles. The van der Waals surface area contributed by atoms with Crippen molar-refractivity contribution in [3.63, 3.8) is 0 Å². The van der Waals surface area contributed by atoms with Crippen molar-refractivity contribution >= 4 is 11.9 Å². The maximum Gasteiger partial charge on any atom is 0.325 e. The molecule has 28 heavy (non-hydrogen) atoms. The van der Waals surface area contributed by atoms with Crippen molar-refractivity contribution in [2.45, 2.75) is 25.3 Å². The predicted octanol–water partition coefficient (Wildman–Crippen LogP) is 2.17. The van der Waals surface area contributed by atoms with Crippen LogP contribution >= 0.6 is 0 Å². The Kier molecular flexibility index (Phi) is 4.92. The Morgan fingerprint density at radius 3 is 2.82 bits per heavy atom. The second kappa shape index (κ2) is 7.67. The molecule has 0 saturated carbocycles. The Bertz CT molecular complexity index is 979. The number of piperidine rings is 1. The number of carbonyl (C=O) groups excluding carboxylic acids is 1. The smallest absolute Gasteiger partial charge is 0.325 e. The van der Waals surface area contributed by atoms with E-state index in [2.05, 4.69) is 10.2 Å². The lowest BCUT2D eigenvalue weighted by Crippen LogP contribution is -2.39. The van der Waals surface area contributed by atoms with Gasteiger partial charge in [0.15, 0.2) is 0 Å². The van der Waals surface area contributed by atoms with Gasteiger partial charge in [-0.2, -0.15) is 10.2 Å². The van der Waals surface area contributed by atoms with Gasteiger partial charge in [-0.05, 0) is 43.2 Å². The summed E-state index contributed by atoms with van der Waals surface area (Å²) >= 11 is 0. The maximum absolute atomic E-state index is 13.1. The summed E-state index contributed by atoms with van der Waals surface area (Å²) in [5.41, 5.74) is 2.32. The largest absolute Gasteiger partial charge is 0.480 e. The average Bonchev–Trinajstić information content (AvgIpc) is 3.39. The standard InChI is InChI=1S/C20H21N5O3/c26-19(27)14-25-18(7-9-22-25)16-5-2-10-23(13-16)20(28)15-4-1-6-17(12-15)24-11-3-8-21-24/h1,3-4,6-9,11-12,16H,2,5,10,13-14H2,(H,26,27). The number of hydrogen-bond acceptors (Lipinski definition) is 4. The van der Waals surface area contributed by atoms with E-state index in [1.54, 1.807) is 17.1 Å². The molecule has 3 heterocycles. The number of hydrogen-bond donors (Lipinski definition) is 1. The lowest BCUT2D eigenvalue weighted by molar-refractivity contribution is -0.137. The van der Waals surface area contributed by atoms with Crippen LogP contribution in [0.25, 0.3) is 5.69 Å². The zero-order valence-electron chi connectivity index (χ0n) is 15.3. The first-order chi connectivity index (χ1) is 13.6. The molecular weight excluding hydrogens is 358 g/mol. The van der Waals surface area contributed by atoms with Gasteiger partial charge in [-0.15, -0.1) is 0 Å². The van der Waals surface area contributed by atoms with E-state index in [1.165, 1.54) is 4.68 Å². The molecule has 1 atom stereocenters. The number of carboxylic acids is 1. The van der Waals surface area contributed by atoms with Crippen LogP contribution in [0.4, 0.5) is 0 Å². The number of nitrogens with zero attached hydrogens (tertiary/aromatic N) is 5. The third-order valence-corrected chi connectivity index (χ3v) is 5.02. The third kappa shape index (κ3) is 3.66. The summed E-state index contributed by atoms with van der Waals surface area (Å²) < 4.78 is 3.24. The van der Waals surface area contributed by atoms with Crippen LogP contribution in [-0.4, -0.2) is 54.5 Å². The van der Waals surface area contributed by atoms with Crippen LogP contribution in [-0.2, 0) is 11.3 Å². The number of carbonyl (C=O) groups is 2. The maximum atomic E-state index is 13.1. The summed E-state index contributed by atoms with van der Waals surface area (Å²) in [7, 11) is 0. The van der Waals surface area contributed by atoms with Gasteiger partial charge in [0.1, 0.15) is 6.54 Å². The number of aromatic nitrogens is 4. The highest BCUT2D eigenvalue weighted by molar-refractivity contribution is 5.94. The Morgan fingerprint density at radius 1 is 1.14 bits per heavy atom. The summed E-state index contributed by atoms with van der Waals surface area (Å²) in [6.45, 7) is 1.07. The van der Waals surface area contributed by atoms with E-state index in [0.29, 0.717) is 18.7 Å². The van der Waals surface area contributed by atoms with E-state index < -0.39 is 5.97 Å². The molecule has 1 unspecified atom stereocenters. The molecule has 0 bridgehead atoms. The number of likely N-dealkylation sites (tertiary alicyclic amines) is 1. The van der Waals surface area contributed by atoms with Crippen molar-refractivity contribution in [3.8, 4) is 5.69 Å². The number of amides is 1. The lowest BCUT2D eigenvalue weighted by Gasteiger charge is -2.33. The molecule has 1 N–H and O–H groups in total. The van der Waals surface area contributed by atoms with Gasteiger partial charge in [0.25, 0.3) is 5.91 Å². The second-order valence-electron chi connectivity index (χ2n) is 6.90. The lowest BCUT2D eigenvalue weighted by atomic mass is 9.94. The van der Waals surface area contributed by atoms with Crippen LogP contribution in [0, 0.1) is 0 Å². The molecule has 1 amide bonds. The summed E-state index contributed by atoms with van der Waals surface area (Å²) in [6, 6.07) is 11.1. The van der Waals surface area contributed by atoms with E-state index in [9.17, 15) is 9.59 Å². The first kappa shape index (κ1) is 18.0. The highest BCUT2D eigenvalue weighted by Gasteiger charge is 2.28. The number of rotatable bonds is 5. The molecular formula is C20H21N5O3. The van der Waals surface area contributed by atoms with Gasteiger partial charge in [0, 0.05) is 48.9 Å². The molecule has 1 aliphatic rings. The fourth-order valence-electron chi connectivity index (χ4n) is 3.74. The van der Waals surface area contributed by atoms with Crippen molar-refractivity contribution < 1.29 is 14.7 Å². The summed E-state index contributed by atoms with van der Waals surface area (Å²) in [5.74, 6) is -0.874. The van der Waals surface area contributed by atoms with E-state index >= 15 is 0 Å². The van der Waals surface area contributed by atoms with Crippen molar-refractivity contribution in [2.24, 2.45) is 0 Å². The topological polar surface area (TPSA) is 93.3 Å². The van der Waals surface area contributed by atoms with Crippen molar-refractivity contribution in [2.75, 3.05) is 13.1 Å². The number of benzene rings is 1. The molecule has 8 nitrogen and oxygen atoms in total. The highest BCUT2D eigenvalue weighted by atomic mass is 16.4. The molecule has 1 aromatic carbocycles. The van der Waals surface area contributed by atoms with Crippen LogP contribution in [0.2, 0.25) is 0 Å². The zero-order chi connectivity index (χ0) is 19.5. The molecule has 4 rings (SSSR count). The molecule has 144 valence electrons. The number of carboxylic acid groups (broad SMARTS) is 1. The van der Waals surface area contributed by atoms with E-state index in [4.69, 9.17) is 5.11 Å². The van der Waals surface area contributed by atoms with Gasteiger partial charge < -0.3 is 10.0 Å². The summed E-state index contributed by atoms with van der Waals surface area (Å²) in [5, 5.41) is 17.4. The van der Waals surface area contributed by atoms with Crippen molar-refractivity contribution in [1.29, 1.82) is 0 Å².